The lowest BCUT2D eigenvalue weighted by atomic mass is 10.2. The molecule has 0 aromatic heterocycles. The van der Waals surface area contributed by atoms with Crippen molar-refractivity contribution >= 4 is 0 Å². The van der Waals surface area contributed by atoms with Crippen LogP contribution in [0.1, 0.15) is 39.0 Å². The Kier molecular flexibility index (Phi) is 17.8. The molecule has 7 heteroatoms. The van der Waals surface area contributed by atoms with Crippen LogP contribution in [-0.4, -0.2) is 85.6 Å². The van der Waals surface area contributed by atoms with E-state index in [1.54, 1.807) is 0 Å². The molecule has 1 atom stereocenters. The van der Waals surface area contributed by atoms with Crippen LogP contribution in [0.4, 0.5) is 0 Å². The molecule has 1 fully saturated rings. The van der Waals surface area contributed by atoms with Crippen molar-refractivity contribution in [1.29, 1.82) is 0 Å². The summed E-state index contributed by atoms with van der Waals surface area (Å²) in [6.07, 6.45) is 5.53. The Morgan fingerprint density at radius 3 is 1.62 bits per heavy atom. The smallest absolute Gasteiger partial charge is 0.157 e. The van der Waals surface area contributed by atoms with Gasteiger partial charge in [-0.2, -0.15) is 0 Å². The Morgan fingerprint density at radius 1 is 0.654 bits per heavy atom. The van der Waals surface area contributed by atoms with Crippen LogP contribution in [0.3, 0.4) is 0 Å². The molecule has 0 radical (unpaired) electrons. The number of rotatable bonds is 19. The van der Waals surface area contributed by atoms with Crippen molar-refractivity contribution in [1.82, 2.24) is 0 Å². The molecule has 156 valence electrons. The van der Waals surface area contributed by atoms with Crippen molar-refractivity contribution in [3.63, 3.8) is 0 Å². The monoisotopic (exact) mass is 378 g/mol. The first kappa shape index (κ1) is 23.8. The van der Waals surface area contributed by atoms with Gasteiger partial charge in [-0.05, 0) is 25.7 Å². The highest BCUT2D eigenvalue weighted by Gasteiger charge is 2.13. The molecule has 0 amide bonds. The van der Waals surface area contributed by atoms with Crippen molar-refractivity contribution in [2.45, 2.75) is 45.3 Å². The van der Waals surface area contributed by atoms with E-state index in [9.17, 15) is 0 Å². The van der Waals surface area contributed by atoms with Gasteiger partial charge in [0.15, 0.2) is 6.29 Å². The van der Waals surface area contributed by atoms with Crippen LogP contribution >= 0.6 is 0 Å². The largest absolute Gasteiger partial charge is 0.379 e. The summed E-state index contributed by atoms with van der Waals surface area (Å²) in [5, 5.41) is 0. The normalized spacial score (nSPS) is 17.7. The average molecular weight is 379 g/mol. The van der Waals surface area contributed by atoms with Crippen LogP contribution in [0, 0.1) is 0 Å². The molecule has 26 heavy (non-hydrogen) atoms. The van der Waals surface area contributed by atoms with E-state index in [-0.39, 0.29) is 6.29 Å². The molecule has 1 aliphatic heterocycles. The van der Waals surface area contributed by atoms with E-state index in [1.165, 1.54) is 6.42 Å². The summed E-state index contributed by atoms with van der Waals surface area (Å²) < 4.78 is 38.2. The number of unbranched alkanes of at least 4 members (excludes halogenated alkanes) is 1. The summed E-state index contributed by atoms with van der Waals surface area (Å²) >= 11 is 0. The van der Waals surface area contributed by atoms with Gasteiger partial charge in [-0.15, -0.1) is 0 Å². The van der Waals surface area contributed by atoms with Gasteiger partial charge >= 0.3 is 0 Å². The fraction of sp³-hybridized carbons (Fsp3) is 1.00. The van der Waals surface area contributed by atoms with E-state index in [1.807, 2.05) is 0 Å². The molecule has 0 aromatic rings. The van der Waals surface area contributed by atoms with E-state index in [2.05, 4.69) is 6.92 Å². The third-order valence-corrected chi connectivity index (χ3v) is 3.80. The molecule has 0 aromatic carbocycles. The first-order chi connectivity index (χ1) is 12.9. The molecule has 0 spiro atoms. The first-order valence-corrected chi connectivity index (χ1v) is 10.1. The van der Waals surface area contributed by atoms with Gasteiger partial charge in [0.2, 0.25) is 0 Å². The van der Waals surface area contributed by atoms with Gasteiger partial charge < -0.3 is 33.2 Å². The minimum absolute atomic E-state index is 0.0432. The lowest BCUT2D eigenvalue weighted by molar-refractivity contribution is -0.169. The summed E-state index contributed by atoms with van der Waals surface area (Å²) in [5.41, 5.74) is 0. The zero-order valence-corrected chi connectivity index (χ0v) is 16.5. The molecule has 1 aliphatic rings. The fourth-order valence-corrected chi connectivity index (χ4v) is 2.31. The van der Waals surface area contributed by atoms with Crippen LogP contribution in [0.5, 0.6) is 0 Å². The lowest BCUT2D eigenvalue weighted by Gasteiger charge is -2.22. The second-order valence-electron chi connectivity index (χ2n) is 6.08. The highest BCUT2D eigenvalue weighted by molar-refractivity contribution is 4.53. The predicted molar refractivity (Wildman–Crippen MR) is 98.5 cm³/mol. The minimum atomic E-state index is -0.0432. The van der Waals surface area contributed by atoms with Crippen LogP contribution in [-0.2, 0) is 33.2 Å². The van der Waals surface area contributed by atoms with Gasteiger partial charge in [-0.25, -0.2) is 0 Å². The first-order valence-electron chi connectivity index (χ1n) is 10.1. The topological polar surface area (TPSA) is 64.6 Å². The molecule has 7 nitrogen and oxygen atoms in total. The van der Waals surface area contributed by atoms with E-state index in [4.69, 9.17) is 33.2 Å². The summed E-state index contributed by atoms with van der Waals surface area (Å²) in [5.74, 6) is 0. The highest BCUT2D eigenvalue weighted by atomic mass is 16.7. The Morgan fingerprint density at radius 2 is 1.15 bits per heavy atom. The van der Waals surface area contributed by atoms with Gasteiger partial charge in [-0.3, -0.25) is 0 Å². The Hall–Kier alpha value is -0.280. The standard InChI is InChI=1S/C19H38O7/c1-2-3-7-20-9-10-21-11-12-22-13-14-23-15-16-24-17-18-26-19-6-4-5-8-25-19/h19H,2-18H2,1H3. The fourth-order valence-electron chi connectivity index (χ4n) is 2.31. The maximum absolute atomic E-state index is 5.58. The van der Waals surface area contributed by atoms with Gasteiger partial charge in [-0.1, -0.05) is 13.3 Å². The quantitative estimate of drug-likeness (QED) is 0.320. The van der Waals surface area contributed by atoms with E-state index in [0.717, 1.165) is 38.9 Å². The molecule has 0 bridgehead atoms. The van der Waals surface area contributed by atoms with E-state index < -0.39 is 0 Å². The van der Waals surface area contributed by atoms with E-state index >= 15 is 0 Å². The number of ether oxygens (including phenoxy) is 7. The van der Waals surface area contributed by atoms with Crippen molar-refractivity contribution in [3.05, 3.63) is 0 Å². The Labute approximate surface area is 158 Å². The van der Waals surface area contributed by atoms with Gasteiger partial charge in [0.1, 0.15) is 0 Å². The lowest BCUT2D eigenvalue weighted by Crippen LogP contribution is -2.24. The van der Waals surface area contributed by atoms with Crippen molar-refractivity contribution in [2.75, 3.05) is 79.3 Å². The predicted octanol–water partition coefficient (Wildman–Crippen LogP) is 2.41. The third-order valence-electron chi connectivity index (χ3n) is 3.80. The summed E-state index contributed by atoms with van der Waals surface area (Å²) in [6.45, 7) is 9.62. The maximum Gasteiger partial charge on any atom is 0.157 e. The average Bonchev–Trinajstić information content (AvgIpc) is 2.68. The van der Waals surface area contributed by atoms with E-state index in [0.29, 0.717) is 66.1 Å². The Balaban J connectivity index is 1.65. The molecule has 0 saturated carbocycles. The SMILES string of the molecule is CCCCOCCOCCOCCOCCOCCOC1CCCCO1. The van der Waals surface area contributed by atoms with Gasteiger partial charge in [0.05, 0.1) is 66.1 Å². The van der Waals surface area contributed by atoms with Crippen molar-refractivity contribution in [2.24, 2.45) is 0 Å². The van der Waals surface area contributed by atoms with Crippen LogP contribution in [0.25, 0.3) is 0 Å². The number of hydrogen-bond acceptors (Lipinski definition) is 7. The maximum atomic E-state index is 5.58. The second-order valence-corrected chi connectivity index (χ2v) is 6.08. The molecular weight excluding hydrogens is 340 g/mol. The third kappa shape index (κ3) is 15.9. The molecule has 0 N–H and O–H groups in total. The van der Waals surface area contributed by atoms with Gasteiger partial charge in [0.25, 0.3) is 0 Å². The second kappa shape index (κ2) is 19.5. The Bertz CT molecular complexity index is 273. The molecule has 1 unspecified atom stereocenters. The zero-order valence-electron chi connectivity index (χ0n) is 16.5. The molecule has 1 rings (SSSR count). The zero-order chi connectivity index (χ0) is 18.5. The molecule has 0 aliphatic carbocycles. The van der Waals surface area contributed by atoms with Crippen molar-refractivity contribution < 1.29 is 33.2 Å². The van der Waals surface area contributed by atoms with Crippen LogP contribution in [0.2, 0.25) is 0 Å². The minimum Gasteiger partial charge on any atom is -0.379 e. The molecule has 1 heterocycles. The summed E-state index contributed by atoms with van der Waals surface area (Å²) in [7, 11) is 0. The molecular formula is C19H38O7. The van der Waals surface area contributed by atoms with Crippen LogP contribution < -0.4 is 0 Å². The van der Waals surface area contributed by atoms with Crippen LogP contribution in [0.15, 0.2) is 0 Å². The van der Waals surface area contributed by atoms with Gasteiger partial charge in [0, 0.05) is 13.2 Å². The summed E-state index contributed by atoms with van der Waals surface area (Å²) in [4.78, 5) is 0. The molecule has 1 saturated heterocycles. The summed E-state index contributed by atoms with van der Waals surface area (Å²) in [6, 6.07) is 0. The highest BCUT2D eigenvalue weighted by Crippen LogP contribution is 2.13. The number of hydrogen-bond donors (Lipinski definition) is 0. The van der Waals surface area contributed by atoms with Crippen molar-refractivity contribution in [3.8, 4) is 0 Å².